The lowest BCUT2D eigenvalue weighted by molar-refractivity contribution is -0.144. The van der Waals surface area contributed by atoms with Crippen molar-refractivity contribution < 1.29 is 9.59 Å². The van der Waals surface area contributed by atoms with Crippen LogP contribution in [0.4, 0.5) is 0 Å². The van der Waals surface area contributed by atoms with Gasteiger partial charge in [-0.25, -0.2) is 0 Å². The fourth-order valence-electron chi connectivity index (χ4n) is 9.28. The molecule has 0 spiro atoms. The molecule has 45 heavy (non-hydrogen) atoms. The normalized spacial score (nSPS) is 22.6. The number of hydrogen-bond acceptors (Lipinski definition) is 5. The minimum atomic E-state index is -1.08. The first-order valence-corrected chi connectivity index (χ1v) is 17.4. The zero-order chi connectivity index (χ0) is 34.6. The Bertz CT molecular complexity index is 1230. The van der Waals surface area contributed by atoms with Crippen molar-refractivity contribution >= 4 is 11.6 Å². The SMILES string of the molecule is CCC(Cc1cc(C)c(C#N)c(C(C)(C)C)c1)(C(=O)CC1CC(C)(C)N(C)C(C)(C)C1)C(=O)CC1CC(C)(C)N(C)C(C)(C)C1. The summed E-state index contributed by atoms with van der Waals surface area (Å²) in [6, 6.07) is 6.59. The van der Waals surface area contributed by atoms with Crippen LogP contribution in [0.2, 0.25) is 0 Å². The Balaban J connectivity index is 2.08. The average Bonchev–Trinajstić information content (AvgIpc) is 2.87. The second kappa shape index (κ2) is 12.5. The summed E-state index contributed by atoms with van der Waals surface area (Å²) in [6.07, 6.45) is 5.52. The van der Waals surface area contributed by atoms with Gasteiger partial charge in [-0.2, -0.15) is 5.26 Å². The van der Waals surface area contributed by atoms with Gasteiger partial charge in [-0.05, 0) is 149 Å². The monoisotopic (exact) mass is 620 g/mol. The molecule has 252 valence electrons. The summed E-state index contributed by atoms with van der Waals surface area (Å²) in [7, 11) is 4.39. The summed E-state index contributed by atoms with van der Waals surface area (Å²) >= 11 is 0. The molecule has 0 unspecified atom stereocenters. The molecule has 0 aromatic heterocycles. The van der Waals surface area contributed by atoms with Crippen molar-refractivity contribution in [1.82, 2.24) is 9.80 Å². The lowest BCUT2D eigenvalue weighted by atomic mass is 9.64. The van der Waals surface area contributed by atoms with Crippen LogP contribution >= 0.6 is 0 Å². The molecule has 1 aromatic rings. The van der Waals surface area contributed by atoms with E-state index in [0.717, 1.165) is 42.4 Å². The number of piperidine rings is 2. The van der Waals surface area contributed by atoms with Crippen molar-refractivity contribution in [2.75, 3.05) is 14.1 Å². The third kappa shape index (κ3) is 7.59. The lowest BCUT2D eigenvalue weighted by Gasteiger charge is -2.54. The molecular weight excluding hydrogens is 554 g/mol. The topological polar surface area (TPSA) is 64.4 Å². The average molecular weight is 620 g/mol. The first kappa shape index (κ1) is 37.4. The van der Waals surface area contributed by atoms with Crippen molar-refractivity contribution in [3.8, 4) is 6.07 Å². The largest absolute Gasteiger partial charge is 0.299 e. The van der Waals surface area contributed by atoms with Crippen molar-refractivity contribution in [2.24, 2.45) is 17.3 Å². The quantitative estimate of drug-likeness (QED) is 0.259. The van der Waals surface area contributed by atoms with Gasteiger partial charge in [0.15, 0.2) is 0 Å². The van der Waals surface area contributed by atoms with Gasteiger partial charge >= 0.3 is 0 Å². The van der Waals surface area contributed by atoms with E-state index in [1.54, 1.807) is 0 Å². The third-order valence-corrected chi connectivity index (χ3v) is 12.2. The second-order valence-corrected chi connectivity index (χ2v) is 18.5. The van der Waals surface area contributed by atoms with Crippen LogP contribution in [0.15, 0.2) is 12.1 Å². The smallest absolute Gasteiger partial charge is 0.147 e. The maximum absolute atomic E-state index is 14.9. The number of hydrogen-bond donors (Lipinski definition) is 0. The third-order valence-electron chi connectivity index (χ3n) is 12.2. The van der Waals surface area contributed by atoms with Crippen LogP contribution in [0.25, 0.3) is 0 Å². The lowest BCUT2D eigenvalue weighted by Crippen LogP contribution is -2.59. The van der Waals surface area contributed by atoms with Crippen molar-refractivity contribution in [1.29, 1.82) is 5.26 Å². The number of likely N-dealkylation sites (tertiary alicyclic amines) is 2. The first-order valence-electron chi connectivity index (χ1n) is 17.4. The molecule has 2 aliphatic heterocycles. The predicted octanol–water partition coefficient (Wildman–Crippen LogP) is 8.82. The van der Waals surface area contributed by atoms with Gasteiger partial charge in [0.05, 0.1) is 17.0 Å². The van der Waals surface area contributed by atoms with E-state index in [9.17, 15) is 14.9 Å². The number of benzene rings is 1. The second-order valence-electron chi connectivity index (χ2n) is 18.5. The van der Waals surface area contributed by atoms with E-state index < -0.39 is 5.41 Å². The molecule has 0 N–H and O–H groups in total. The molecule has 0 aliphatic carbocycles. The first-order chi connectivity index (χ1) is 20.3. The Kier molecular flexibility index (Phi) is 10.4. The summed E-state index contributed by atoms with van der Waals surface area (Å²) < 4.78 is 0. The molecule has 0 amide bonds. The van der Waals surface area contributed by atoms with Gasteiger partial charge in [-0.15, -0.1) is 0 Å². The number of Topliss-reactive ketones (excluding diaryl/α,β-unsaturated/α-hetero) is 2. The van der Waals surface area contributed by atoms with Gasteiger partial charge in [0.2, 0.25) is 0 Å². The highest BCUT2D eigenvalue weighted by molar-refractivity contribution is 6.07. The summed E-state index contributed by atoms with van der Waals surface area (Å²) in [4.78, 5) is 34.6. The van der Waals surface area contributed by atoms with Crippen LogP contribution in [0.1, 0.15) is 150 Å². The van der Waals surface area contributed by atoms with E-state index in [2.05, 4.69) is 118 Å². The Morgan fingerprint density at radius 2 is 1.18 bits per heavy atom. The number of aryl methyl sites for hydroxylation is 1. The van der Waals surface area contributed by atoms with Crippen LogP contribution in [0, 0.1) is 35.5 Å². The molecule has 0 saturated carbocycles. The van der Waals surface area contributed by atoms with Crippen LogP contribution < -0.4 is 0 Å². The maximum atomic E-state index is 14.9. The standard InChI is InChI=1S/C40H65N3O2/c1-16-40(25-28-17-27(2)31(26-41)32(18-28)35(3,4)5,33(44)19-29-21-36(6,7)42(14)37(8,9)22-29)34(45)20-30-23-38(10,11)43(15)39(12,13)24-30/h17-18,29-30H,16,19-25H2,1-15H3. The molecule has 2 aliphatic rings. The maximum Gasteiger partial charge on any atom is 0.147 e. The van der Waals surface area contributed by atoms with Crippen LogP contribution in [-0.4, -0.2) is 57.6 Å². The minimum Gasteiger partial charge on any atom is -0.299 e. The fraction of sp³-hybridized carbons (Fsp3) is 0.775. The molecule has 3 rings (SSSR count). The molecule has 5 nitrogen and oxygen atoms in total. The molecule has 0 atom stereocenters. The molecule has 0 bridgehead atoms. The Morgan fingerprint density at radius 3 is 1.49 bits per heavy atom. The van der Waals surface area contributed by atoms with Crippen LogP contribution in [-0.2, 0) is 21.4 Å². The van der Waals surface area contributed by atoms with Crippen molar-refractivity contribution in [3.63, 3.8) is 0 Å². The van der Waals surface area contributed by atoms with E-state index >= 15 is 0 Å². The molecule has 0 radical (unpaired) electrons. The van der Waals surface area contributed by atoms with E-state index in [1.165, 1.54) is 0 Å². The Hall–Kier alpha value is -2.03. The van der Waals surface area contributed by atoms with E-state index in [-0.39, 0.29) is 51.0 Å². The number of nitriles is 1. The van der Waals surface area contributed by atoms with Crippen molar-refractivity contribution in [2.45, 2.75) is 169 Å². The highest BCUT2D eigenvalue weighted by Crippen LogP contribution is 2.46. The van der Waals surface area contributed by atoms with E-state index in [1.807, 2.05) is 13.8 Å². The molecule has 2 heterocycles. The van der Waals surface area contributed by atoms with Crippen LogP contribution in [0.3, 0.4) is 0 Å². The van der Waals surface area contributed by atoms with Gasteiger partial charge in [0.1, 0.15) is 11.6 Å². The molecule has 2 fully saturated rings. The van der Waals surface area contributed by atoms with Crippen LogP contribution in [0.5, 0.6) is 0 Å². The zero-order valence-corrected chi connectivity index (χ0v) is 31.6. The zero-order valence-electron chi connectivity index (χ0n) is 31.6. The predicted molar refractivity (Wildman–Crippen MR) is 188 cm³/mol. The van der Waals surface area contributed by atoms with Gasteiger partial charge in [0.25, 0.3) is 0 Å². The highest BCUT2D eigenvalue weighted by Gasteiger charge is 2.50. The van der Waals surface area contributed by atoms with Gasteiger partial charge < -0.3 is 0 Å². The van der Waals surface area contributed by atoms with Gasteiger partial charge in [-0.3, -0.25) is 19.4 Å². The molecule has 1 aromatic carbocycles. The Morgan fingerprint density at radius 1 is 0.800 bits per heavy atom. The molecule has 2 saturated heterocycles. The van der Waals surface area contributed by atoms with Crippen molar-refractivity contribution in [3.05, 3.63) is 34.4 Å². The summed E-state index contributed by atoms with van der Waals surface area (Å²) in [5.41, 5.74) is 2.20. The summed E-state index contributed by atoms with van der Waals surface area (Å²) in [5, 5.41) is 10.0. The Labute approximate surface area is 276 Å². The number of carbonyl (C=O) groups excluding carboxylic acids is 2. The number of carbonyl (C=O) groups is 2. The van der Waals surface area contributed by atoms with Gasteiger partial charge in [-0.1, -0.05) is 39.8 Å². The van der Waals surface area contributed by atoms with Gasteiger partial charge in [0, 0.05) is 35.0 Å². The molecular formula is C40H65N3O2. The highest BCUT2D eigenvalue weighted by atomic mass is 16.2. The van der Waals surface area contributed by atoms with E-state index in [0.29, 0.717) is 31.2 Å². The summed E-state index contributed by atoms with van der Waals surface area (Å²) in [5.74, 6) is 0.682. The number of rotatable bonds is 9. The minimum absolute atomic E-state index is 0.0251. The molecule has 5 heteroatoms. The summed E-state index contributed by atoms with van der Waals surface area (Å²) in [6.45, 7) is 28.6. The van der Waals surface area contributed by atoms with E-state index in [4.69, 9.17) is 0 Å². The fourth-order valence-corrected chi connectivity index (χ4v) is 9.28. The number of ketones is 2. The number of nitrogens with zero attached hydrogens (tertiary/aromatic N) is 3.